The van der Waals surface area contributed by atoms with Gasteiger partial charge in [-0.05, 0) is 31.1 Å². The average molecular weight is 155 g/mol. The molecular weight excluding hydrogens is 138 g/mol. The molecule has 2 aliphatic carbocycles. The van der Waals surface area contributed by atoms with Crippen LogP contribution < -0.4 is 5.73 Å². The zero-order valence-electron chi connectivity index (χ0n) is 6.92. The molecule has 0 amide bonds. The van der Waals surface area contributed by atoms with Crippen LogP contribution in [0.2, 0.25) is 0 Å². The molecule has 2 rings (SSSR count). The standard InChI is InChI=1S/C9H17NO/c10-9(4-5-11)3-1-2-7-6-8(7)9/h7-8,11H,1-6,10H2. The summed E-state index contributed by atoms with van der Waals surface area (Å²) < 4.78 is 0. The van der Waals surface area contributed by atoms with Gasteiger partial charge in [0.2, 0.25) is 0 Å². The van der Waals surface area contributed by atoms with E-state index in [1.807, 2.05) is 0 Å². The fourth-order valence-electron chi connectivity index (χ4n) is 2.67. The van der Waals surface area contributed by atoms with Crippen molar-refractivity contribution in [3.63, 3.8) is 0 Å². The molecule has 2 fully saturated rings. The number of hydrogen-bond donors (Lipinski definition) is 2. The van der Waals surface area contributed by atoms with E-state index in [1.54, 1.807) is 0 Å². The highest BCUT2D eigenvalue weighted by molar-refractivity contribution is 5.06. The smallest absolute Gasteiger partial charge is 0.0448 e. The molecule has 0 aromatic carbocycles. The van der Waals surface area contributed by atoms with E-state index in [0.717, 1.165) is 24.7 Å². The molecule has 3 N–H and O–H groups in total. The van der Waals surface area contributed by atoms with Gasteiger partial charge in [-0.3, -0.25) is 0 Å². The van der Waals surface area contributed by atoms with Crippen LogP contribution in [0.3, 0.4) is 0 Å². The molecular formula is C9H17NO. The van der Waals surface area contributed by atoms with Crippen molar-refractivity contribution < 1.29 is 5.11 Å². The topological polar surface area (TPSA) is 46.2 Å². The molecule has 11 heavy (non-hydrogen) atoms. The first-order chi connectivity index (χ1) is 5.26. The van der Waals surface area contributed by atoms with Crippen LogP contribution in [0.5, 0.6) is 0 Å². The molecule has 2 saturated carbocycles. The van der Waals surface area contributed by atoms with Gasteiger partial charge in [0, 0.05) is 12.1 Å². The largest absolute Gasteiger partial charge is 0.396 e. The van der Waals surface area contributed by atoms with Gasteiger partial charge < -0.3 is 10.8 Å². The number of fused-ring (bicyclic) bond motifs is 1. The number of aliphatic hydroxyl groups excluding tert-OH is 1. The van der Waals surface area contributed by atoms with Gasteiger partial charge in [0.1, 0.15) is 0 Å². The van der Waals surface area contributed by atoms with E-state index in [-0.39, 0.29) is 12.1 Å². The predicted molar refractivity (Wildman–Crippen MR) is 44.1 cm³/mol. The zero-order valence-corrected chi connectivity index (χ0v) is 6.92. The van der Waals surface area contributed by atoms with Crippen molar-refractivity contribution >= 4 is 0 Å². The van der Waals surface area contributed by atoms with Crippen LogP contribution in [0, 0.1) is 11.8 Å². The number of nitrogens with two attached hydrogens (primary N) is 1. The van der Waals surface area contributed by atoms with Gasteiger partial charge in [-0.2, -0.15) is 0 Å². The summed E-state index contributed by atoms with van der Waals surface area (Å²) in [5.74, 6) is 1.67. The lowest BCUT2D eigenvalue weighted by atomic mass is 9.80. The van der Waals surface area contributed by atoms with E-state index in [4.69, 9.17) is 10.8 Å². The van der Waals surface area contributed by atoms with Crippen molar-refractivity contribution in [2.75, 3.05) is 6.61 Å². The second-order valence-corrected chi connectivity index (χ2v) is 4.20. The Morgan fingerprint density at radius 3 is 3.09 bits per heavy atom. The number of rotatable bonds is 2. The predicted octanol–water partition coefficient (Wildman–Crippen LogP) is 0.886. The summed E-state index contributed by atoms with van der Waals surface area (Å²) in [5.41, 5.74) is 6.21. The van der Waals surface area contributed by atoms with Crippen molar-refractivity contribution in [2.24, 2.45) is 17.6 Å². The molecule has 0 aromatic rings. The molecule has 2 heteroatoms. The number of aliphatic hydroxyl groups is 1. The van der Waals surface area contributed by atoms with Crippen LogP contribution in [0.25, 0.3) is 0 Å². The van der Waals surface area contributed by atoms with Gasteiger partial charge in [-0.1, -0.05) is 12.8 Å². The van der Waals surface area contributed by atoms with Crippen molar-refractivity contribution in [3.8, 4) is 0 Å². The van der Waals surface area contributed by atoms with Crippen molar-refractivity contribution in [1.29, 1.82) is 0 Å². The second-order valence-electron chi connectivity index (χ2n) is 4.20. The first kappa shape index (κ1) is 7.56. The number of hydrogen-bond acceptors (Lipinski definition) is 2. The molecule has 0 saturated heterocycles. The van der Waals surface area contributed by atoms with E-state index in [9.17, 15) is 0 Å². The van der Waals surface area contributed by atoms with Gasteiger partial charge >= 0.3 is 0 Å². The Bertz CT molecular complexity index is 156. The maximum absolute atomic E-state index is 8.84. The highest BCUT2D eigenvalue weighted by atomic mass is 16.3. The minimum Gasteiger partial charge on any atom is -0.396 e. The summed E-state index contributed by atoms with van der Waals surface area (Å²) in [6, 6.07) is 0. The fraction of sp³-hybridized carbons (Fsp3) is 1.00. The SMILES string of the molecule is NC1(CCO)CCCC2CC21. The van der Waals surface area contributed by atoms with Crippen LogP contribution in [-0.4, -0.2) is 17.3 Å². The molecule has 3 unspecified atom stereocenters. The van der Waals surface area contributed by atoms with Crippen LogP contribution in [0.15, 0.2) is 0 Å². The molecule has 3 atom stereocenters. The maximum Gasteiger partial charge on any atom is 0.0448 e. The van der Waals surface area contributed by atoms with Crippen molar-refractivity contribution in [1.82, 2.24) is 0 Å². The Morgan fingerprint density at radius 1 is 1.55 bits per heavy atom. The van der Waals surface area contributed by atoms with Gasteiger partial charge in [-0.25, -0.2) is 0 Å². The van der Waals surface area contributed by atoms with Crippen LogP contribution >= 0.6 is 0 Å². The molecule has 0 aromatic heterocycles. The Hall–Kier alpha value is -0.0800. The van der Waals surface area contributed by atoms with Crippen LogP contribution in [-0.2, 0) is 0 Å². The quantitative estimate of drug-likeness (QED) is 0.622. The van der Waals surface area contributed by atoms with E-state index in [1.165, 1.54) is 19.3 Å². The Morgan fingerprint density at radius 2 is 2.36 bits per heavy atom. The first-order valence-corrected chi connectivity index (χ1v) is 4.66. The Labute approximate surface area is 67.8 Å². The zero-order chi connectivity index (χ0) is 7.90. The molecule has 2 nitrogen and oxygen atoms in total. The lowest BCUT2D eigenvalue weighted by Gasteiger charge is -2.32. The Kier molecular flexibility index (Phi) is 1.69. The molecule has 0 radical (unpaired) electrons. The highest BCUT2D eigenvalue weighted by Gasteiger charge is 2.52. The van der Waals surface area contributed by atoms with E-state index in [0.29, 0.717) is 0 Å². The highest BCUT2D eigenvalue weighted by Crippen LogP contribution is 2.54. The molecule has 0 bridgehead atoms. The van der Waals surface area contributed by atoms with Gasteiger partial charge in [0.25, 0.3) is 0 Å². The third-order valence-electron chi connectivity index (χ3n) is 3.46. The molecule has 0 aliphatic heterocycles. The first-order valence-electron chi connectivity index (χ1n) is 4.66. The van der Waals surface area contributed by atoms with Crippen LogP contribution in [0.1, 0.15) is 32.1 Å². The Balaban J connectivity index is 1.99. The summed E-state index contributed by atoms with van der Waals surface area (Å²) in [5, 5.41) is 8.84. The summed E-state index contributed by atoms with van der Waals surface area (Å²) in [6.07, 6.45) is 5.94. The van der Waals surface area contributed by atoms with E-state index in [2.05, 4.69) is 0 Å². The van der Waals surface area contributed by atoms with E-state index < -0.39 is 0 Å². The molecule has 2 aliphatic rings. The maximum atomic E-state index is 8.84. The van der Waals surface area contributed by atoms with Crippen molar-refractivity contribution in [3.05, 3.63) is 0 Å². The average Bonchev–Trinajstić information content (AvgIpc) is 2.68. The molecule has 64 valence electrons. The van der Waals surface area contributed by atoms with E-state index >= 15 is 0 Å². The minimum atomic E-state index is 0.0116. The summed E-state index contributed by atoms with van der Waals surface area (Å²) in [4.78, 5) is 0. The minimum absolute atomic E-state index is 0.0116. The van der Waals surface area contributed by atoms with Crippen molar-refractivity contribution in [2.45, 2.75) is 37.6 Å². The monoisotopic (exact) mass is 155 g/mol. The summed E-state index contributed by atoms with van der Waals surface area (Å²) in [7, 11) is 0. The molecule has 0 spiro atoms. The second kappa shape index (κ2) is 2.46. The fourth-order valence-corrected chi connectivity index (χ4v) is 2.67. The van der Waals surface area contributed by atoms with Crippen LogP contribution in [0.4, 0.5) is 0 Å². The lowest BCUT2D eigenvalue weighted by molar-refractivity contribution is 0.190. The molecule has 0 heterocycles. The summed E-state index contributed by atoms with van der Waals surface area (Å²) >= 11 is 0. The lowest BCUT2D eigenvalue weighted by Crippen LogP contribution is -2.45. The van der Waals surface area contributed by atoms with Gasteiger partial charge in [-0.15, -0.1) is 0 Å². The third kappa shape index (κ3) is 1.18. The normalized spacial score (nSPS) is 48.5. The van der Waals surface area contributed by atoms with Gasteiger partial charge in [0.05, 0.1) is 0 Å². The van der Waals surface area contributed by atoms with Gasteiger partial charge in [0.15, 0.2) is 0 Å². The summed E-state index contributed by atoms with van der Waals surface area (Å²) in [6.45, 7) is 0.264. The third-order valence-corrected chi connectivity index (χ3v) is 3.46.